The average Bonchev–Trinajstić information content (AvgIpc) is 3.22. The van der Waals surface area contributed by atoms with Gasteiger partial charge in [0.25, 0.3) is 5.91 Å². The van der Waals surface area contributed by atoms with E-state index in [0.29, 0.717) is 11.1 Å². The van der Waals surface area contributed by atoms with Gasteiger partial charge >= 0.3 is 5.97 Å². The Morgan fingerprint density at radius 2 is 2.00 bits per heavy atom. The van der Waals surface area contributed by atoms with Gasteiger partial charge in [0.2, 0.25) is 0 Å². The third-order valence-electron chi connectivity index (χ3n) is 2.83. The van der Waals surface area contributed by atoms with Crippen LogP contribution in [0.15, 0.2) is 24.3 Å². The van der Waals surface area contributed by atoms with Crippen molar-refractivity contribution in [3.8, 4) is 6.07 Å². The van der Waals surface area contributed by atoms with Gasteiger partial charge < -0.3 is 10.1 Å². The Kier molecular flexibility index (Phi) is 3.81. The molecule has 1 saturated carbocycles. The smallest absolute Gasteiger partial charge is 0.338 e. The van der Waals surface area contributed by atoms with Crippen LogP contribution in [0.3, 0.4) is 0 Å². The zero-order valence-electron chi connectivity index (χ0n) is 10.6. The Balaban J connectivity index is 1.91. The predicted molar refractivity (Wildman–Crippen MR) is 67.2 cm³/mol. The molecule has 1 aromatic carbocycles. The van der Waals surface area contributed by atoms with Crippen LogP contribution in [0.25, 0.3) is 0 Å². The van der Waals surface area contributed by atoms with Gasteiger partial charge in [-0.25, -0.2) is 4.79 Å². The van der Waals surface area contributed by atoms with Crippen LogP contribution >= 0.6 is 0 Å². The van der Waals surface area contributed by atoms with E-state index in [1.54, 1.807) is 6.92 Å². The summed E-state index contributed by atoms with van der Waals surface area (Å²) in [6.07, 6.45) is 1.16. The number of benzene rings is 1. The lowest BCUT2D eigenvalue weighted by molar-refractivity contribution is -0.129. The number of ether oxygens (including phenoxy) is 1. The molecule has 1 N–H and O–H groups in total. The monoisotopic (exact) mass is 258 g/mol. The third kappa shape index (κ3) is 3.55. The minimum atomic E-state index is -0.816. The molecule has 5 heteroatoms. The van der Waals surface area contributed by atoms with Gasteiger partial charge in [-0.3, -0.25) is 4.79 Å². The van der Waals surface area contributed by atoms with Crippen LogP contribution in [0, 0.1) is 11.3 Å². The van der Waals surface area contributed by atoms with Gasteiger partial charge in [0.1, 0.15) is 0 Å². The van der Waals surface area contributed by atoms with Crippen molar-refractivity contribution in [2.24, 2.45) is 0 Å². The van der Waals surface area contributed by atoms with Crippen LogP contribution < -0.4 is 5.32 Å². The highest BCUT2D eigenvalue weighted by atomic mass is 16.5. The maximum absolute atomic E-state index is 11.8. The second kappa shape index (κ2) is 5.53. The Labute approximate surface area is 111 Å². The van der Waals surface area contributed by atoms with Gasteiger partial charge in [0.05, 0.1) is 17.2 Å². The van der Waals surface area contributed by atoms with Crippen molar-refractivity contribution >= 4 is 11.9 Å². The molecule has 0 heterocycles. The van der Waals surface area contributed by atoms with Crippen molar-refractivity contribution in [3.05, 3.63) is 35.4 Å². The quantitative estimate of drug-likeness (QED) is 0.827. The Morgan fingerprint density at radius 1 is 1.37 bits per heavy atom. The molecule has 2 rings (SSSR count). The number of carbonyl (C=O) groups is 2. The normalized spacial score (nSPS) is 15.2. The molecule has 1 fully saturated rings. The summed E-state index contributed by atoms with van der Waals surface area (Å²) in [5, 5.41) is 11.4. The molecule has 1 aliphatic carbocycles. The van der Waals surface area contributed by atoms with E-state index in [-0.39, 0.29) is 11.9 Å². The van der Waals surface area contributed by atoms with Crippen molar-refractivity contribution < 1.29 is 14.3 Å². The fourth-order valence-electron chi connectivity index (χ4n) is 1.51. The van der Waals surface area contributed by atoms with Crippen molar-refractivity contribution in [3.63, 3.8) is 0 Å². The largest absolute Gasteiger partial charge is 0.449 e. The summed E-state index contributed by atoms with van der Waals surface area (Å²) in [7, 11) is 0. The molecule has 0 unspecified atom stereocenters. The molecule has 0 aliphatic heterocycles. The molecule has 5 nitrogen and oxygen atoms in total. The summed E-state index contributed by atoms with van der Waals surface area (Å²) in [4.78, 5) is 23.4. The lowest BCUT2D eigenvalue weighted by Crippen LogP contribution is -2.37. The summed E-state index contributed by atoms with van der Waals surface area (Å²) in [6, 6.07) is 8.28. The lowest BCUT2D eigenvalue weighted by Gasteiger charge is -2.13. The number of rotatable bonds is 4. The topological polar surface area (TPSA) is 79.2 Å². The zero-order chi connectivity index (χ0) is 13.8. The lowest BCUT2D eigenvalue weighted by atomic mass is 10.1. The van der Waals surface area contributed by atoms with Crippen LogP contribution in [-0.2, 0) is 9.53 Å². The fraction of sp³-hybridized carbons (Fsp3) is 0.357. The Hall–Kier alpha value is -2.35. The summed E-state index contributed by atoms with van der Waals surface area (Å²) in [5.74, 6) is -0.840. The molecule has 1 amide bonds. The van der Waals surface area contributed by atoms with Gasteiger partial charge in [-0.1, -0.05) is 0 Å². The molecule has 98 valence electrons. The molecule has 0 radical (unpaired) electrons. The number of hydrogen-bond donors (Lipinski definition) is 1. The Morgan fingerprint density at radius 3 is 2.53 bits per heavy atom. The van der Waals surface area contributed by atoms with Crippen molar-refractivity contribution in [1.82, 2.24) is 5.32 Å². The van der Waals surface area contributed by atoms with Gasteiger partial charge in [0, 0.05) is 6.04 Å². The first-order valence-corrected chi connectivity index (χ1v) is 6.11. The SMILES string of the molecule is C[C@@H](OC(=O)c1ccc(C#N)cc1)C(=O)NC1CC1. The van der Waals surface area contributed by atoms with Crippen LogP contribution in [0.2, 0.25) is 0 Å². The van der Waals surface area contributed by atoms with Crippen LogP contribution in [0.4, 0.5) is 0 Å². The van der Waals surface area contributed by atoms with E-state index in [2.05, 4.69) is 5.32 Å². The number of carbonyl (C=O) groups excluding carboxylic acids is 2. The summed E-state index contributed by atoms with van der Waals surface area (Å²) in [6.45, 7) is 1.54. The molecule has 0 aromatic heterocycles. The van der Waals surface area contributed by atoms with Crippen LogP contribution in [0.1, 0.15) is 35.7 Å². The van der Waals surface area contributed by atoms with Gasteiger partial charge in [-0.15, -0.1) is 0 Å². The standard InChI is InChI=1S/C14H14N2O3/c1-9(13(17)16-12-6-7-12)19-14(18)11-4-2-10(8-15)3-5-11/h2-5,9,12H,6-7H2,1H3,(H,16,17)/t9-/m1/s1. The van der Waals surface area contributed by atoms with E-state index >= 15 is 0 Å². The van der Waals surface area contributed by atoms with E-state index in [1.807, 2.05) is 6.07 Å². The minimum Gasteiger partial charge on any atom is -0.449 e. The van der Waals surface area contributed by atoms with E-state index in [9.17, 15) is 9.59 Å². The number of hydrogen-bond acceptors (Lipinski definition) is 4. The molecule has 1 aromatic rings. The molecular weight excluding hydrogens is 244 g/mol. The van der Waals surface area contributed by atoms with Gasteiger partial charge in [-0.05, 0) is 44.0 Å². The molecule has 19 heavy (non-hydrogen) atoms. The second-order valence-electron chi connectivity index (χ2n) is 4.52. The third-order valence-corrected chi connectivity index (χ3v) is 2.83. The first-order valence-electron chi connectivity index (χ1n) is 6.11. The second-order valence-corrected chi connectivity index (χ2v) is 4.52. The molecule has 0 spiro atoms. The Bertz CT molecular complexity index is 527. The highest BCUT2D eigenvalue weighted by Gasteiger charge is 2.27. The average molecular weight is 258 g/mol. The maximum Gasteiger partial charge on any atom is 0.338 e. The number of nitriles is 1. The molecule has 0 saturated heterocycles. The summed E-state index contributed by atoms with van der Waals surface area (Å²) < 4.78 is 5.07. The van der Waals surface area contributed by atoms with Gasteiger partial charge in [0.15, 0.2) is 6.10 Å². The van der Waals surface area contributed by atoms with Gasteiger partial charge in [-0.2, -0.15) is 5.26 Å². The number of nitrogens with one attached hydrogen (secondary N) is 1. The first kappa shape index (κ1) is 13.1. The highest BCUT2D eigenvalue weighted by Crippen LogP contribution is 2.19. The number of nitrogens with zero attached hydrogens (tertiary/aromatic N) is 1. The van der Waals surface area contributed by atoms with Crippen molar-refractivity contribution in [2.75, 3.05) is 0 Å². The van der Waals surface area contributed by atoms with E-state index < -0.39 is 12.1 Å². The van der Waals surface area contributed by atoms with Crippen LogP contribution in [0.5, 0.6) is 0 Å². The van der Waals surface area contributed by atoms with Crippen molar-refractivity contribution in [2.45, 2.75) is 31.9 Å². The molecule has 0 bridgehead atoms. The summed E-state index contributed by atoms with van der Waals surface area (Å²) in [5.41, 5.74) is 0.793. The molecular formula is C14H14N2O3. The number of amides is 1. The zero-order valence-corrected chi connectivity index (χ0v) is 10.6. The fourth-order valence-corrected chi connectivity index (χ4v) is 1.51. The van der Waals surface area contributed by atoms with Crippen molar-refractivity contribution in [1.29, 1.82) is 5.26 Å². The summed E-state index contributed by atoms with van der Waals surface area (Å²) >= 11 is 0. The molecule has 1 atom stereocenters. The maximum atomic E-state index is 11.8. The molecule has 1 aliphatic rings. The van der Waals surface area contributed by atoms with Crippen LogP contribution in [-0.4, -0.2) is 24.0 Å². The number of esters is 1. The minimum absolute atomic E-state index is 0.239. The van der Waals surface area contributed by atoms with E-state index in [0.717, 1.165) is 12.8 Å². The first-order chi connectivity index (χ1) is 9.10. The van der Waals surface area contributed by atoms with E-state index in [1.165, 1.54) is 24.3 Å². The highest BCUT2D eigenvalue weighted by molar-refractivity contribution is 5.92. The van der Waals surface area contributed by atoms with E-state index in [4.69, 9.17) is 10.00 Å². The predicted octanol–water partition coefficient (Wildman–Crippen LogP) is 1.38.